The number of benzene rings is 2. The third-order valence-corrected chi connectivity index (χ3v) is 11.0. The van der Waals surface area contributed by atoms with Crippen LogP contribution in [0.5, 0.6) is 5.75 Å². The predicted octanol–water partition coefficient (Wildman–Crippen LogP) is 4.58. The summed E-state index contributed by atoms with van der Waals surface area (Å²) < 4.78 is 58.7. The number of fused-ring (bicyclic) bond motifs is 1. The van der Waals surface area contributed by atoms with Crippen LogP contribution in [-0.4, -0.2) is 46.8 Å². The molecule has 196 valence electrons. The highest BCUT2D eigenvalue weighted by Gasteiger charge is 2.36. The number of carbonyl (C=O) groups is 1. The molecule has 0 amide bonds. The maximum atomic E-state index is 13.9. The third-order valence-electron chi connectivity index (χ3n) is 7.38. The molecule has 1 fully saturated rings. The fourth-order valence-electron chi connectivity index (χ4n) is 5.10. The molecule has 36 heavy (non-hydrogen) atoms. The molecule has 2 aromatic rings. The summed E-state index contributed by atoms with van der Waals surface area (Å²) in [4.78, 5) is 12.5. The fraction of sp³-hybridized carbons (Fsp3) is 0.519. The molecule has 4 rings (SSSR count). The predicted molar refractivity (Wildman–Crippen MR) is 141 cm³/mol. The molecule has 0 bridgehead atoms. The van der Waals surface area contributed by atoms with E-state index in [4.69, 9.17) is 4.74 Å². The van der Waals surface area contributed by atoms with Gasteiger partial charge in [0.1, 0.15) is 15.6 Å². The van der Waals surface area contributed by atoms with E-state index in [1.165, 1.54) is 28.9 Å². The molecule has 2 aliphatic rings. The normalized spacial score (nSPS) is 20.1. The van der Waals surface area contributed by atoms with Gasteiger partial charge >= 0.3 is 0 Å². The van der Waals surface area contributed by atoms with Crippen molar-refractivity contribution in [3.63, 3.8) is 0 Å². The third kappa shape index (κ3) is 5.47. The van der Waals surface area contributed by atoms with Crippen LogP contribution < -0.4 is 9.04 Å². The second-order valence-corrected chi connectivity index (χ2v) is 14.0. The lowest BCUT2D eigenvalue weighted by Crippen LogP contribution is -2.43. The molecule has 0 N–H and O–H groups in total. The number of anilines is 1. The first-order valence-electron chi connectivity index (χ1n) is 12.7. The second-order valence-electron chi connectivity index (χ2n) is 9.84. The van der Waals surface area contributed by atoms with Gasteiger partial charge in [-0.3, -0.25) is 9.10 Å². The van der Waals surface area contributed by atoms with E-state index in [1.807, 2.05) is 19.1 Å². The van der Waals surface area contributed by atoms with E-state index in [1.54, 1.807) is 6.07 Å². The van der Waals surface area contributed by atoms with Crippen LogP contribution in [0.25, 0.3) is 0 Å². The van der Waals surface area contributed by atoms with Gasteiger partial charge in [0.2, 0.25) is 0 Å². The molecule has 0 aromatic heterocycles. The van der Waals surface area contributed by atoms with Gasteiger partial charge in [-0.15, -0.1) is 0 Å². The number of nitrogens with zero attached hydrogens (tertiary/aromatic N) is 1. The van der Waals surface area contributed by atoms with Crippen LogP contribution in [-0.2, 0) is 32.7 Å². The Morgan fingerprint density at radius 1 is 1.06 bits per heavy atom. The average molecular weight is 534 g/mol. The van der Waals surface area contributed by atoms with Gasteiger partial charge in [-0.25, -0.2) is 16.8 Å². The average Bonchev–Trinajstić information content (AvgIpc) is 2.86. The smallest absolute Gasteiger partial charge is 0.264 e. The zero-order valence-corrected chi connectivity index (χ0v) is 22.8. The molecule has 1 atom stereocenters. The Morgan fingerprint density at radius 3 is 2.42 bits per heavy atom. The molecular weight excluding hydrogens is 498 g/mol. The second kappa shape index (κ2) is 10.5. The van der Waals surface area contributed by atoms with Gasteiger partial charge in [0.15, 0.2) is 5.78 Å². The summed E-state index contributed by atoms with van der Waals surface area (Å²) >= 11 is 0. The molecule has 1 saturated heterocycles. The number of sulfone groups is 1. The van der Waals surface area contributed by atoms with Crippen LogP contribution >= 0.6 is 0 Å². The van der Waals surface area contributed by atoms with Crippen LogP contribution in [0.15, 0.2) is 41.3 Å². The Labute approximate surface area is 214 Å². The number of ether oxygens (including phenoxy) is 1. The highest BCUT2D eigenvalue weighted by molar-refractivity contribution is 7.93. The first kappa shape index (κ1) is 26.7. The number of Topliss-reactive ketones (excluding diaryl/α,β-unsaturated/α-hetero) is 1. The number of hydrogen-bond donors (Lipinski definition) is 0. The molecule has 7 nitrogen and oxygen atoms in total. The highest BCUT2D eigenvalue weighted by Crippen LogP contribution is 2.38. The minimum atomic E-state index is -3.92. The van der Waals surface area contributed by atoms with Gasteiger partial charge in [-0.05, 0) is 86.8 Å². The number of rotatable bonds is 8. The van der Waals surface area contributed by atoms with Crippen molar-refractivity contribution in [2.75, 3.05) is 22.4 Å². The Hall–Kier alpha value is -2.39. The van der Waals surface area contributed by atoms with Crippen molar-refractivity contribution in [2.24, 2.45) is 5.92 Å². The quantitative estimate of drug-likeness (QED) is 0.461. The summed E-state index contributed by atoms with van der Waals surface area (Å²) in [6.45, 7) is 5.76. The van der Waals surface area contributed by atoms with Gasteiger partial charge in [0.05, 0.1) is 34.3 Å². The van der Waals surface area contributed by atoms with Crippen molar-refractivity contribution in [3.8, 4) is 5.75 Å². The van der Waals surface area contributed by atoms with E-state index < -0.39 is 19.9 Å². The van der Waals surface area contributed by atoms with Crippen LogP contribution in [0, 0.1) is 5.92 Å². The van der Waals surface area contributed by atoms with Crippen molar-refractivity contribution in [1.82, 2.24) is 0 Å². The van der Waals surface area contributed by atoms with Gasteiger partial charge in [-0.1, -0.05) is 26.0 Å². The lowest BCUT2D eigenvalue weighted by molar-refractivity contribution is 0.101. The van der Waals surface area contributed by atoms with E-state index in [0.29, 0.717) is 37.3 Å². The molecule has 2 heterocycles. The summed E-state index contributed by atoms with van der Waals surface area (Å²) in [5, 5.41) is 0. The monoisotopic (exact) mass is 533 g/mol. The minimum absolute atomic E-state index is 0.0645. The van der Waals surface area contributed by atoms with Gasteiger partial charge in [0, 0.05) is 6.04 Å². The molecule has 2 aliphatic heterocycles. The van der Waals surface area contributed by atoms with Crippen LogP contribution in [0.3, 0.4) is 0 Å². The molecule has 2 aromatic carbocycles. The Kier molecular flexibility index (Phi) is 7.80. The van der Waals surface area contributed by atoms with Crippen LogP contribution in [0.4, 0.5) is 5.69 Å². The lowest BCUT2D eigenvalue weighted by atomic mass is 9.94. The first-order valence-corrected chi connectivity index (χ1v) is 16.0. The topological polar surface area (TPSA) is 97.8 Å². The number of ketones is 1. The summed E-state index contributed by atoms with van der Waals surface area (Å²) in [6.07, 6.45) is 4.20. The Balaban J connectivity index is 1.63. The molecule has 1 unspecified atom stereocenters. The van der Waals surface area contributed by atoms with E-state index in [9.17, 15) is 21.6 Å². The molecule has 0 radical (unpaired) electrons. The van der Waals surface area contributed by atoms with Gasteiger partial charge in [-0.2, -0.15) is 0 Å². The number of aryl methyl sites for hydroxylation is 2. The van der Waals surface area contributed by atoms with Gasteiger partial charge in [0.25, 0.3) is 10.0 Å². The van der Waals surface area contributed by atoms with Crippen molar-refractivity contribution in [3.05, 3.63) is 53.1 Å². The van der Waals surface area contributed by atoms with E-state index in [-0.39, 0.29) is 39.7 Å². The SMILES string of the molecule is CCc1ccc2c(c1)CCC(CC)N2S(=O)(=O)c1ccc(OCC2CCS(=O)(=O)CC2)c(C(C)=O)c1. The minimum Gasteiger partial charge on any atom is -0.493 e. The summed E-state index contributed by atoms with van der Waals surface area (Å²) in [6, 6.07) is 10.3. The lowest BCUT2D eigenvalue weighted by Gasteiger charge is -2.37. The first-order chi connectivity index (χ1) is 17.1. The molecule has 0 aliphatic carbocycles. The molecule has 0 spiro atoms. The zero-order chi connectivity index (χ0) is 26.1. The van der Waals surface area contributed by atoms with E-state index in [2.05, 4.69) is 13.0 Å². The Morgan fingerprint density at radius 2 is 1.78 bits per heavy atom. The largest absolute Gasteiger partial charge is 0.493 e. The fourth-order valence-corrected chi connectivity index (χ4v) is 8.51. The van der Waals surface area contributed by atoms with E-state index in [0.717, 1.165) is 24.8 Å². The van der Waals surface area contributed by atoms with Crippen molar-refractivity contribution in [1.29, 1.82) is 0 Å². The maximum absolute atomic E-state index is 13.9. The van der Waals surface area contributed by atoms with Crippen LogP contribution in [0.1, 0.15) is 67.9 Å². The number of sulfonamides is 1. The number of carbonyl (C=O) groups excluding carboxylic acids is 1. The highest BCUT2D eigenvalue weighted by atomic mass is 32.2. The zero-order valence-electron chi connectivity index (χ0n) is 21.2. The maximum Gasteiger partial charge on any atom is 0.264 e. The number of hydrogen-bond acceptors (Lipinski definition) is 6. The molecular formula is C27H35NO6S2. The molecule has 9 heteroatoms. The van der Waals surface area contributed by atoms with E-state index >= 15 is 0 Å². The van der Waals surface area contributed by atoms with Crippen molar-refractivity contribution in [2.45, 2.75) is 70.2 Å². The van der Waals surface area contributed by atoms with Gasteiger partial charge < -0.3 is 4.74 Å². The summed E-state index contributed by atoms with van der Waals surface area (Å²) in [5.74, 6) is 0.418. The molecule has 0 saturated carbocycles. The van der Waals surface area contributed by atoms with Crippen LogP contribution in [0.2, 0.25) is 0 Å². The van der Waals surface area contributed by atoms with Crippen molar-refractivity contribution >= 4 is 31.3 Å². The Bertz CT molecular complexity index is 1340. The standard InChI is InChI=1S/C27H35NO6S2/c1-4-20-6-10-26-22(16-20)7-8-23(5-2)28(26)36(32,33)24-9-11-27(25(17-24)19(3)29)34-18-21-12-14-35(30,31)15-13-21/h6,9-11,16-17,21,23H,4-5,7-8,12-15,18H2,1-3H3. The summed E-state index contributed by atoms with van der Waals surface area (Å²) in [5.41, 5.74) is 3.13. The van der Waals surface area contributed by atoms with Crippen molar-refractivity contribution < 1.29 is 26.4 Å². The summed E-state index contributed by atoms with van der Waals surface area (Å²) in [7, 11) is -6.88.